The fraction of sp³-hybridized carbons (Fsp3) is 0. The van der Waals surface area contributed by atoms with Crippen LogP contribution in [0.25, 0.3) is 5.57 Å². The van der Waals surface area contributed by atoms with Crippen molar-refractivity contribution in [2.75, 3.05) is 5.32 Å². The number of nitrogens with zero attached hydrogens (tertiary/aromatic N) is 4. The SMILES string of the molecule is N#CC(=CNc1ccccc1I)c1nn[nH]n1. The average Bonchev–Trinajstić information content (AvgIpc) is 2.86. The molecular weight excluding hydrogens is 331 g/mol. The highest BCUT2D eigenvalue weighted by atomic mass is 127. The number of nitriles is 1. The minimum Gasteiger partial charge on any atom is -0.359 e. The number of tetrazole rings is 1. The molecule has 0 atom stereocenters. The number of allylic oxidation sites excluding steroid dienone is 1. The highest BCUT2D eigenvalue weighted by Gasteiger charge is 2.05. The maximum absolute atomic E-state index is 8.96. The number of anilines is 1. The summed E-state index contributed by atoms with van der Waals surface area (Å²) in [6, 6.07) is 9.76. The predicted octanol–water partition coefficient (Wildman–Crippen LogP) is 1.78. The van der Waals surface area contributed by atoms with E-state index in [1.165, 1.54) is 0 Å². The lowest BCUT2D eigenvalue weighted by molar-refractivity contribution is 0.881. The van der Waals surface area contributed by atoms with Gasteiger partial charge in [-0.15, -0.1) is 10.2 Å². The number of aromatic amines is 1. The molecular formula is C10H7IN6. The molecule has 0 unspecified atom stereocenters. The van der Waals surface area contributed by atoms with E-state index < -0.39 is 0 Å². The summed E-state index contributed by atoms with van der Waals surface area (Å²) in [5.74, 6) is 0.269. The molecule has 1 aromatic heterocycles. The molecule has 7 heteroatoms. The van der Waals surface area contributed by atoms with Crippen molar-refractivity contribution in [3.05, 3.63) is 39.9 Å². The fourth-order valence-corrected chi connectivity index (χ4v) is 1.69. The molecule has 2 aromatic rings. The maximum Gasteiger partial charge on any atom is 0.216 e. The molecule has 0 aliphatic carbocycles. The molecule has 2 N–H and O–H groups in total. The zero-order chi connectivity index (χ0) is 12.1. The highest BCUT2D eigenvalue weighted by Crippen LogP contribution is 2.17. The van der Waals surface area contributed by atoms with Gasteiger partial charge in [-0.05, 0) is 39.9 Å². The summed E-state index contributed by atoms with van der Waals surface area (Å²) >= 11 is 2.21. The Morgan fingerprint density at radius 3 is 2.94 bits per heavy atom. The van der Waals surface area contributed by atoms with Crippen LogP contribution < -0.4 is 5.32 Å². The van der Waals surface area contributed by atoms with E-state index in [0.29, 0.717) is 5.57 Å². The van der Waals surface area contributed by atoms with Crippen LogP contribution in [0.2, 0.25) is 0 Å². The van der Waals surface area contributed by atoms with Gasteiger partial charge in [-0.25, -0.2) is 0 Å². The number of H-pyrrole nitrogens is 1. The standard InChI is InChI=1S/C10H7IN6/c11-8-3-1-2-4-9(8)13-6-7(5-12)10-14-16-17-15-10/h1-4,6,13H,(H,14,15,16,17). The van der Waals surface area contributed by atoms with Crippen molar-refractivity contribution in [3.63, 3.8) is 0 Å². The van der Waals surface area contributed by atoms with Crippen LogP contribution in [0.4, 0.5) is 5.69 Å². The third kappa shape index (κ3) is 2.79. The molecule has 0 amide bonds. The fourth-order valence-electron chi connectivity index (χ4n) is 1.15. The second kappa shape index (κ2) is 5.40. The number of para-hydroxylation sites is 1. The molecule has 0 saturated carbocycles. The summed E-state index contributed by atoms with van der Waals surface area (Å²) in [5, 5.41) is 25.2. The van der Waals surface area contributed by atoms with Gasteiger partial charge in [0.25, 0.3) is 0 Å². The molecule has 0 aliphatic rings. The number of aromatic nitrogens is 4. The molecule has 0 bridgehead atoms. The zero-order valence-corrected chi connectivity index (χ0v) is 10.7. The van der Waals surface area contributed by atoms with Crippen LogP contribution in [0, 0.1) is 14.9 Å². The Morgan fingerprint density at radius 1 is 1.47 bits per heavy atom. The van der Waals surface area contributed by atoms with Crippen molar-refractivity contribution in [1.29, 1.82) is 5.26 Å². The van der Waals surface area contributed by atoms with Crippen molar-refractivity contribution >= 4 is 33.9 Å². The number of rotatable bonds is 3. The molecule has 0 fully saturated rings. The van der Waals surface area contributed by atoms with E-state index in [4.69, 9.17) is 5.26 Å². The van der Waals surface area contributed by atoms with Gasteiger partial charge in [0.1, 0.15) is 11.6 Å². The summed E-state index contributed by atoms with van der Waals surface area (Å²) in [5.41, 5.74) is 1.24. The minimum atomic E-state index is 0.269. The minimum absolute atomic E-state index is 0.269. The van der Waals surface area contributed by atoms with Crippen LogP contribution in [0.3, 0.4) is 0 Å². The van der Waals surface area contributed by atoms with Gasteiger partial charge >= 0.3 is 0 Å². The monoisotopic (exact) mass is 338 g/mol. The third-order valence-electron chi connectivity index (χ3n) is 1.95. The van der Waals surface area contributed by atoms with Crippen LogP contribution in [0.15, 0.2) is 30.5 Å². The summed E-state index contributed by atoms with van der Waals surface area (Å²) in [6.07, 6.45) is 1.56. The molecule has 0 saturated heterocycles. The Balaban J connectivity index is 2.21. The number of hydrogen-bond acceptors (Lipinski definition) is 5. The smallest absolute Gasteiger partial charge is 0.216 e. The van der Waals surface area contributed by atoms with Crippen LogP contribution in [0.1, 0.15) is 5.82 Å². The quantitative estimate of drug-likeness (QED) is 0.658. The predicted molar refractivity (Wildman–Crippen MR) is 70.5 cm³/mol. The van der Waals surface area contributed by atoms with Crippen molar-refractivity contribution in [2.24, 2.45) is 0 Å². The van der Waals surface area contributed by atoms with Crippen LogP contribution in [-0.4, -0.2) is 20.6 Å². The van der Waals surface area contributed by atoms with Gasteiger partial charge in [0.15, 0.2) is 0 Å². The van der Waals surface area contributed by atoms with Crippen LogP contribution >= 0.6 is 22.6 Å². The summed E-state index contributed by atoms with van der Waals surface area (Å²) in [4.78, 5) is 0. The van der Waals surface area contributed by atoms with Gasteiger partial charge < -0.3 is 5.32 Å². The summed E-state index contributed by atoms with van der Waals surface area (Å²) in [6.45, 7) is 0. The molecule has 2 rings (SSSR count). The van der Waals surface area contributed by atoms with Crippen molar-refractivity contribution in [2.45, 2.75) is 0 Å². The number of hydrogen-bond donors (Lipinski definition) is 2. The Labute approximate surface area is 111 Å². The van der Waals surface area contributed by atoms with Gasteiger partial charge in [0, 0.05) is 9.77 Å². The lowest BCUT2D eigenvalue weighted by Gasteiger charge is -2.03. The molecule has 0 spiro atoms. The second-order valence-corrected chi connectivity index (χ2v) is 4.19. The van der Waals surface area contributed by atoms with Crippen LogP contribution in [0.5, 0.6) is 0 Å². The number of benzene rings is 1. The van der Waals surface area contributed by atoms with Crippen molar-refractivity contribution in [1.82, 2.24) is 20.6 Å². The van der Waals surface area contributed by atoms with E-state index in [2.05, 4.69) is 48.5 Å². The van der Waals surface area contributed by atoms with E-state index in [9.17, 15) is 0 Å². The Morgan fingerprint density at radius 2 is 2.29 bits per heavy atom. The first-order valence-electron chi connectivity index (χ1n) is 4.66. The summed E-state index contributed by atoms with van der Waals surface area (Å²) < 4.78 is 1.06. The Hall–Kier alpha value is -1.95. The van der Waals surface area contributed by atoms with E-state index in [1.807, 2.05) is 30.3 Å². The molecule has 6 nitrogen and oxygen atoms in total. The highest BCUT2D eigenvalue weighted by molar-refractivity contribution is 14.1. The first-order chi connectivity index (χ1) is 8.31. The topological polar surface area (TPSA) is 90.3 Å². The van der Waals surface area contributed by atoms with E-state index in [1.54, 1.807) is 6.20 Å². The number of nitrogens with one attached hydrogen (secondary N) is 2. The van der Waals surface area contributed by atoms with Gasteiger partial charge in [0.05, 0.1) is 5.69 Å². The molecule has 84 valence electrons. The lowest BCUT2D eigenvalue weighted by Crippen LogP contribution is -1.94. The largest absolute Gasteiger partial charge is 0.359 e. The third-order valence-corrected chi connectivity index (χ3v) is 2.89. The van der Waals surface area contributed by atoms with Gasteiger partial charge in [-0.1, -0.05) is 12.1 Å². The van der Waals surface area contributed by atoms with E-state index >= 15 is 0 Å². The molecule has 0 aliphatic heterocycles. The summed E-state index contributed by atoms with van der Waals surface area (Å²) in [7, 11) is 0. The van der Waals surface area contributed by atoms with Gasteiger partial charge in [0.2, 0.25) is 5.82 Å². The zero-order valence-electron chi connectivity index (χ0n) is 8.55. The Kier molecular flexibility index (Phi) is 3.66. The van der Waals surface area contributed by atoms with Crippen LogP contribution in [-0.2, 0) is 0 Å². The van der Waals surface area contributed by atoms with E-state index in [0.717, 1.165) is 9.26 Å². The van der Waals surface area contributed by atoms with Gasteiger partial charge in [-0.3, -0.25) is 0 Å². The van der Waals surface area contributed by atoms with Crippen molar-refractivity contribution in [3.8, 4) is 6.07 Å². The molecule has 17 heavy (non-hydrogen) atoms. The Bertz CT molecular complexity index is 569. The van der Waals surface area contributed by atoms with E-state index in [-0.39, 0.29) is 5.82 Å². The first kappa shape index (κ1) is 11.5. The van der Waals surface area contributed by atoms with Crippen molar-refractivity contribution < 1.29 is 0 Å². The molecule has 1 heterocycles. The average molecular weight is 338 g/mol. The normalized spacial score (nSPS) is 10.9. The van der Waals surface area contributed by atoms with Gasteiger partial charge in [-0.2, -0.15) is 10.5 Å². The second-order valence-electron chi connectivity index (χ2n) is 3.03. The number of halogens is 1. The molecule has 0 radical (unpaired) electrons. The lowest BCUT2D eigenvalue weighted by atomic mass is 10.3. The first-order valence-corrected chi connectivity index (χ1v) is 5.74. The molecule has 1 aromatic carbocycles. The maximum atomic E-state index is 8.96.